The average molecular weight is 1110 g/mol. The highest BCUT2D eigenvalue weighted by atomic mass is 31.2. The van der Waals surface area contributed by atoms with Gasteiger partial charge in [0.1, 0.15) is 13.2 Å². The fourth-order valence-electron chi connectivity index (χ4n) is 11.2. The second-order valence-electron chi connectivity index (χ2n) is 25.6. The van der Waals surface area contributed by atoms with Gasteiger partial charge in [-0.1, -0.05) is 361 Å². The molecule has 0 radical (unpaired) electrons. The van der Waals surface area contributed by atoms with Crippen LogP contribution in [0.3, 0.4) is 0 Å². The van der Waals surface area contributed by atoms with Crippen molar-refractivity contribution in [3.63, 3.8) is 0 Å². The van der Waals surface area contributed by atoms with E-state index in [2.05, 4.69) is 19.2 Å². The standard InChI is InChI=1S/C68H139N2O6P/c1-6-8-10-12-14-16-18-20-22-24-26-28-30-32-34-35-36-38-40-42-44-46-48-50-52-54-56-58-60-62-68(72)69-66(65-76-77(73,74)75-64-63-70(3,4)5)67(71)61-59-57-55-53-51-49-47-45-43-41-39-37-33-31-29-27-25-23-21-19-17-15-13-11-9-7-2/h66-67,71H,6-65H2,1-5H3,(H-,69,72,73,74)/p+1. The minimum Gasteiger partial charge on any atom is -0.391 e. The molecule has 0 spiro atoms. The van der Waals surface area contributed by atoms with Crippen molar-refractivity contribution in [2.75, 3.05) is 40.9 Å². The van der Waals surface area contributed by atoms with E-state index >= 15 is 0 Å². The summed E-state index contributed by atoms with van der Waals surface area (Å²) in [5, 5.41) is 14.2. The van der Waals surface area contributed by atoms with Crippen molar-refractivity contribution in [3.8, 4) is 0 Å². The molecule has 0 saturated heterocycles. The molecule has 0 saturated carbocycles. The number of hydrogen-bond donors (Lipinski definition) is 3. The molecule has 0 aromatic rings. The van der Waals surface area contributed by atoms with Gasteiger partial charge in [-0.25, -0.2) is 4.57 Å². The maximum absolute atomic E-state index is 13.1. The molecule has 0 aliphatic rings. The first kappa shape index (κ1) is 76.5. The van der Waals surface area contributed by atoms with Gasteiger partial charge >= 0.3 is 7.82 Å². The van der Waals surface area contributed by atoms with Crippen LogP contribution in [0.4, 0.5) is 0 Å². The Bertz CT molecular complexity index is 1220. The number of phosphoric acid groups is 1. The number of likely N-dealkylation sites (N-methyl/N-ethyl adjacent to an activating group) is 1. The fourth-order valence-corrected chi connectivity index (χ4v) is 11.9. The summed E-state index contributed by atoms with van der Waals surface area (Å²) in [7, 11) is 1.64. The van der Waals surface area contributed by atoms with Crippen molar-refractivity contribution in [1.82, 2.24) is 5.32 Å². The minimum atomic E-state index is -4.32. The zero-order valence-electron chi connectivity index (χ0n) is 53.0. The largest absolute Gasteiger partial charge is 0.472 e. The van der Waals surface area contributed by atoms with Crippen LogP contribution in [0.15, 0.2) is 0 Å². The van der Waals surface area contributed by atoms with Gasteiger partial charge in [-0.2, -0.15) is 0 Å². The molecule has 8 nitrogen and oxygen atoms in total. The summed E-state index contributed by atoms with van der Waals surface area (Å²) in [5.74, 6) is -0.133. The highest BCUT2D eigenvalue weighted by Gasteiger charge is 2.28. The number of phosphoric ester groups is 1. The molecular formula is C68H140N2O6P+. The molecule has 0 aromatic carbocycles. The highest BCUT2D eigenvalue weighted by molar-refractivity contribution is 7.47. The van der Waals surface area contributed by atoms with Crippen LogP contribution in [0.2, 0.25) is 0 Å². The van der Waals surface area contributed by atoms with Gasteiger partial charge in [-0.15, -0.1) is 0 Å². The Morgan fingerprint density at radius 2 is 0.623 bits per heavy atom. The Kier molecular flexibility index (Phi) is 59.7. The van der Waals surface area contributed by atoms with Gasteiger partial charge in [0.25, 0.3) is 0 Å². The van der Waals surface area contributed by atoms with E-state index in [4.69, 9.17) is 9.05 Å². The Morgan fingerprint density at radius 3 is 0.870 bits per heavy atom. The van der Waals surface area contributed by atoms with Crippen LogP contribution in [0.1, 0.15) is 380 Å². The van der Waals surface area contributed by atoms with Gasteiger partial charge in [-0.3, -0.25) is 13.8 Å². The van der Waals surface area contributed by atoms with Gasteiger partial charge in [0, 0.05) is 6.42 Å². The van der Waals surface area contributed by atoms with E-state index < -0.39 is 20.0 Å². The number of aliphatic hydroxyl groups is 1. The van der Waals surface area contributed by atoms with Gasteiger partial charge in [0.15, 0.2) is 0 Å². The molecule has 462 valence electrons. The number of aliphatic hydroxyl groups excluding tert-OH is 1. The summed E-state index contributed by atoms with van der Waals surface area (Å²) in [6.45, 7) is 4.97. The highest BCUT2D eigenvalue weighted by Crippen LogP contribution is 2.43. The van der Waals surface area contributed by atoms with Crippen LogP contribution in [0.5, 0.6) is 0 Å². The molecule has 0 aromatic heterocycles. The predicted molar refractivity (Wildman–Crippen MR) is 337 cm³/mol. The molecule has 3 N–H and O–H groups in total. The van der Waals surface area contributed by atoms with Crippen molar-refractivity contribution in [1.29, 1.82) is 0 Å². The lowest BCUT2D eigenvalue weighted by atomic mass is 10.0. The second kappa shape index (κ2) is 60.1. The van der Waals surface area contributed by atoms with Crippen LogP contribution in [0, 0.1) is 0 Å². The minimum absolute atomic E-state index is 0.0795. The lowest BCUT2D eigenvalue weighted by Gasteiger charge is -2.26. The molecule has 1 amide bonds. The quantitative estimate of drug-likeness (QED) is 0.0318. The Balaban J connectivity index is 3.99. The van der Waals surface area contributed by atoms with Gasteiger partial charge < -0.3 is 19.8 Å². The Hall–Kier alpha value is -0.500. The second-order valence-corrected chi connectivity index (χ2v) is 27.1. The SMILES string of the molecule is CCCCCCCCCCCCCCCCCCCCCCCCCCCCCCCC(=O)NC(COP(=O)(O)OCC[N+](C)(C)C)C(O)CCCCCCCCCCCCCCCCCCCCCCCCCCCC. The molecule has 77 heavy (non-hydrogen) atoms. The van der Waals surface area contributed by atoms with E-state index in [9.17, 15) is 19.4 Å². The number of nitrogens with zero attached hydrogens (tertiary/aromatic N) is 1. The number of carbonyl (C=O) groups is 1. The first-order chi connectivity index (χ1) is 37.5. The predicted octanol–water partition coefficient (Wildman–Crippen LogP) is 21.9. The summed E-state index contributed by atoms with van der Waals surface area (Å²) >= 11 is 0. The monoisotopic (exact) mass is 1110 g/mol. The van der Waals surface area contributed by atoms with Crippen LogP contribution in [0.25, 0.3) is 0 Å². The topological polar surface area (TPSA) is 105 Å². The average Bonchev–Trinajstić information content (AvgIpc) is 3.39. The normalized spacial score (nSPS) is 13.6. The molecule has 0 bridgehead atoms. The molecule has 0 fully saturated rings. The molecule has 0 heterocycles. The van der Waals surface area contributed by atoms with E-state index in [1.54, 1.807) is 0 Å². The number of rotatable bonds is 66. The van der Waals surface area contributed by atoms with Crippen LogP contribution in [-0.4, -0.2) is 73.4 Å². The first-order valence-corrected chi connectivity index (χ1v) is 36.4. The number of amides is 1. The van der Waals surface area contributed by atoms with E-state index in [0.717, 1.165) is 38.5 Å². The van der Waals surface area contributed by atoms with Crippen LogP contribution in [-0.2, 0) is 18.4 Å². The number of unbranched alkanes of at least 4 members (excludes halogenated alkanes) is 53. The number of quaternary nitrogens is 1. The third-order valence-electron chi connectivity index (χ3n) is 16.6. The summed E-state index contributed by atoms with van der Waals surface area (Å²) in [6.07, 6.45) is 74.9. The van der Waals surface area contributed by atoms with Crippen LogP contribution < -0.4 is 5.32 Å². The molecule has 0 aliphatic heterocycles. The van der Waals surface area contributed by atoms with Gasteiger partial charge in [-0.05, 0) is 12.8 Å². The Labute approximate surface area is 482 Å². The summed E-state index contributed by atoms with van der Waals surface area (Å²) < 4.78 is 23.9. The zero-order valence-corrected chi connectivity index (χ0v) is 53.9. The van der Waals surface area contributed by atoms with Crippen molar-refractivity contribution in [2.45, 2.75) is 392 Å². The van der Waals surface area contributed by atoms with Crippen molar-refractivity contribution < 1.29 is 32.9 Å². The van der Waals surface area contributed by atoms with E-state index in [-0.39, 0.29) is 19.1 Å². The molecule has 0 rings (SSSR count). The van der Waals surface area contributed by atoms with E-state index in [0.29, 0.717) is 23.9 Å². The third kappa shape index (κ3) is 62.9. The maximum atomic E-state index is 13.1. The molecule has 3 atom stereocenters. The fraction of sp³-hybridized carbons (Fsp3) is 0.985. The van der Waals surface area contributed by atoms with Crippen molar-refractivity contribution >= 4 is 13.7 Å². The Morgan fingerprint density at radius 1 is 0.390 bits per heavy atom. The van der Waals surface area contributed by atoms with Gasteiger partial charge in [0.05, 0.1) is 39.9 Å². The molecule has 3 unspecified atom stereocenters. The summed E-state index contributed by atoms with van der Waals surface area (Å²) in [5.41, 5.74) is 0. The first-order valence-electron chi connectivity index (χ1n) is 34.9. The lowest BCUT2D eigenvalue weighted by molar-refractivity contribution is -0.870. The summed E-state index contributed by atoms with van der Waals surface area (Å²) in [4.78, 5) is 23.5. The molecular weight excluding hydrogens is 972 g/mol. The maximum Gasteiger partial charge on any atom is 0.472 e. The van der Waals surface area contributed by atoms with Crippen molar-refractivity contribution in [2.24, 2.45) is 0 Å². The van der Waals surface area contributed by atoms with E-state index in [1.165, 1.54) is 315 Å². The molecule has 9 heteroatoms. The van der Waals surface area contributed by atoms with Crippen molar-refractivity contribution in [3.05, 3.63) is 0 Å². The van der Waals surface area contributed by atoms with Crippen LogP contribution >= 0.6 is 7.82 Å². The van der Waals surface area contributed by atoms with E-state index in [1.807, 2.05) is 21.1 Å². The smallest absolute Gasteiger partial charge is 0.391 e. The number of nitrogens with one attached hydrogen (secondary N) is 1. The lowest BCUT2D eigenvalue weighted by Crippen LogP contribution is -2.46. The summed E-state index contributed by atoms with van der Waals surface area (Å²) in [6, 6.07) is -0.757. The zero-order chi connectivity index (χ0) is 56.3. The van der Waals surface area contributed by atoms with Gasteiger partial charge in [0.2, 0.25) is 5.91 Å². The number of hydrogen-bond acceptors (Lipinski definition) is 5. The molecule has 0 aliphatic carbocycles. The third-order valence-corrected chi connectivity index (χ3v) is 17.6. The number of carbonyl (C=O) groups excluding carboxylic acids is 1.